The molecule has 0 amide bonds. The van der Waals surface area contributed by atoms with Crippen LogP contribution < -0.4 is 5.32 Å². The molecule has 1 aromatic carbocycles. The van der Waals surface area contributed by atoms with E-state index in [0.717, 1.165) is 24.3 Å². The summed E-state index contributed by atoms with van der Waals surface area (Å²) >= 11 is 7.19. The van der Waals surface area contributed by atoms with Gasteiger partial charge < -0.3 is 5.32 Å². The molecule has 4 nitrogen and oxygen atoms in total. The second-order valence-corrected chi connectivity index (χ2v) is 4.71. The van der Waals surface area contributed by atoms with Crippen molar-refractivity contribution in [2.45, 2.75) is 6.42 Å². The molecule has 1 aromatic rings. The van der Waals surface area contributed by atoms with Gasteiger partial charge >= 0.3 is 0 Å². The van der Waals surface area contributed by atoms with E-state index < -0.39 is 10.7 Å². The molecule has 94 valence electrons. The van der Waals surface area contributed by atoms with Crippen molar-refractivity contribution < 1.29 is 9.31 Å². The number of hydrogen-bond acceptors (Lipinski definition) is 4. The van der Waals surface area contributed by atoms with E-state index in [4.69, 9.17) is 11.6 Å². The summed E-state index contributed by atoms with van der Waals surface area (Å²) in [6, 6.07) is 2.08. The van der Waals surface area contributed by atoms with Crippen molar-refractivity contribution >= 4 is 34.7 Å². The van der Waals surface area contributed by atoms with E-state index in [-0.39, 0.29) is 16.4 Å². The van der Waals surface area contributed by atoms with Crippen molar-refractivity contribution in [1.82, 2.24) is 0 Å². The number of halogens is 2. The lowest BCUT2D eigenvalue weighted by atomic mass is 10.2. The smallest absolute Gasteiger partial charge is 0.294 e. The highest BCUT2D eigenvalue weighted by molar-refractivity contribution is 7.98. The van der Waals surface area contributed by atoms with Gasteiger partial charge in [0.1, 0.15) is 11.5 Å². The molecule has 0 saturated carbocycles. The molecular weight excluding hydrogens is 267 g/mol. The van der Waals surface area contributed by atoms with Crippen molar-refractivity contribution in [3.05, 3.63) is 33.1 Å². The van der Waals surface area contributed by atoms with Gasteiger partial charge in [0.05, 0.1) is 9.95 Å². The van der Waals surface area contributed by atoms with Crippen LogP contribution >= 0.6 is 23.4 Å². The van der Waals surface area contributed by atoms with E-state index >= 15 is 0 Å². The van der Waals surface area contributed by atoms with E-state index in [9.17, 15) is 14.5 Å². The number of nitrogens with one attached hydrogen (secondary N) is 1. The SMILES string of the molecule is CSCCCNc1cc(F)c(Cl)cc1[N+](=O)[O-]. The van der Waals surface area contributed by atoms with Crippen LogP contribution in [0.15, 0.2) is 12.1 Å². The molecule has 1 rings (SSSR count). The molecule has 0 heterocycles. The van der Waals surface area contributed by atoms with E-state index in [0.29, 0.717) is 6.54 Å². The van der Waals surface area contributed by atoms with E-state index in [1.54, 1.807) is 11.8 Å². The number of thioether (sulfide) groups is 1. The zero-order valence-corrected chi connectivity index (χ0v) is 10.8. The van der Waals surface area contributed by atoms with Crippen LogP contribution in [0, 0.1) is 15.9 Å². The highest BCUT2D eigenvalue weighted by atomic mass is 35.5. The Hall–Kier alpha value is -1.01. The van der Waals surface area contributed by atoms with Crippen LogP contribution in [0.25, 0.3) is 0 Å². The second-order valence-electron chi connectivity index (χ2n) is 3.31. The van der Waals surface area contributed by atoms with Crippen molar-refractivity contribution in [1.29, 1.82) is 0 Å². The van der Waals surface area contributed by atoms with E-state index in [2.05, 4.69) is 5.32 Å². The first kappa shape index (κ1) is 14.1. The predicted molar refractivity (Wildman–Crippen MR) is 69.6 cm³/mol. The largest absolute Gasteiger partial charge is 0.379 e. The molecule has 0 saturated heterocycles. The van der Waals surface area contributed by atoms with E-state index in [1.165, 1.54) is 0 Å². The number of nitro groups is 1. The fourth-order valence-electron chi connectivity index (χ4n) is 1.27. The van der Waals surface area contributed by atoms with Crippen molar-refractivity contribution in [2.75, 3.05) is 23.9 Å². The molecule has 0 aliphatic rings. The maximum atomic E-state index is 13.2. The summed E-state index contributed by atoms with van der Waals surface area (Å²) in [5, 5.41) is 13.4. The number of benzene rings is 1. The molecule has 0 aromatic heterocycles. The first-order chi connectivity index (χ1) is 8.06. The standard InChI is InChI=1S/C10H12ClFN2O2S/c1-17-4-2-3-13-9-6-8(12)7(11)5-10(9)14(15)16/h5-6,13H,2-4H2,1H3. The van der Waals surface area contributed by atoms with Gasteiger partial charge in [0.25, 0.3) is 5.69 Å². The Morgan fingerprint density at radius 3 is 2.88 bits per heavy atom. The molecule has 0 spiro atoms. The minimum absolute atomic E-state index is 0.165. The number of rotatable bonds is 6. The van der Waals surface area contributed by atoms with Crippen molar-refractivity contribution in [2.24, 2.45) is 0 Å². The van der Waals surface area contributed by atoms with Crippen LogP contribution in [0.4, 0.5) is 15.8 Å². The lowest BCUT2D eigenvalue weighted by molar-refractivity contribution is -0.384. The summed E-state index contributed by atoms with van der Waals surface area (Å²) in [5.74, 6) is 0.279. The van der Waals surface area contributed by atoms with Crippen LogP contribution in [0.5, 0.6) is 0 Å². The van der Waals surface area contributed by atoms with Crippen molar-refractivity contribution in [3.63, 3.8) is 0 Å². The molecule has 7 heteroatoms. The molecule has 0 unspecified atom stereocenters. The molecule has 0 aliphatic heterocycles. The van der Waals surface area contributed by atoms with Crippen LogP contribution in [0.2, 0.25) is 5.02 Å². The molecule has 0 aliphatic carbocycles. The van der Waals surface area contributed by atoms with Crippen molar-refractivity contribution in [3.8, 4) is 0 Å². The van der Waals surface area contributed by atoms with Crippen LogP contribution in [0.1, 0.15) is 6.42 Å². The summed E-state index contributed by atoms with van der Waals surface area (Å²) in [7, 11) is 0. The molecule has 0 bridgehead atoms. The number of anilines is 1. The number of nitrogens with zero attached hydrogens (tertiary/aromatic N) is 1. The fourth-order valence-corrected chi connectivity index (χ4v) is 1.86. The van der Waals surface area contributed by atoms with Gasteiger partial charge in [-0.25, -0.2) is 4.39 Å². The van der Waals surface area contributed by atoms with Gasteiger partial charge in [-0.2, -0.15) is 11.8 Å². The second kappa shape index (κ2) is 6.66. The Balaban J connectivity index is 2.81. The van der Waals surface area contributed by atoms with Crippen LogP contribution in [0.3, 0.4) is 0 Å². The molecule has 1 N–H and O–H groups in total. The number of nitro benzene ring substituents is 1. The van der Waals surface area contributed by atoms with Gasteiger partial charge in [-0.15, -0.1) is 0 Å². The fraction of sp³-hybridized carbons (Fsp3) is 0.400. The highest BCUT2D eigenvalue weighted by Crippen LogP contribution is 2.30. The zero-order chi connectivity index (χ0) is 12.8. The average Bonchev–Trinajstić information content (AvgIpc) is 2.28. The van der Waals surface area contributed by atoms with Gasteiger partial charge in [0.2, 0.25) is 0 Å². The van der Waals surface area contributed by atoms with Gasteiger partial charge in [0, 0.05) is 18.7 Å². The quantitative estimate of drug-likeness (QED) is 0.491. The number of hydrogen-bond donors (Lipinski definition) is 1. The lowest BCUT2D eigenvalue weighted by Crippen LogP contribution is -2.05. The Bertz CT molecular complexity index is 418. The van der Waals surface area contributed by atoms with Gasteiger partial charge in [0.15, 0.2) is 0 Å². The summed E-state index contributed by atoms with van der Waals surface area (Å²) in [6.07, 6.45) is 2.83. The molecular formula is C10H12ClFN2O2S. The maximum Gasteiger partial charge on any atom is 0.294 e. The molecule has 0 radical (unpaired) electrons. The Kier molecular flexibility index (Phi) is 5.50. The Labute approximate surface area is 108 Å². The topological polar surface area (TPSA) is 55.2 Å². The first-order valence-corrected chi connectivity index (χ1v) is 6.69. The average molecular weight is 279 g/mol. The van der Waals surface area contributed by atoms with Crippen LogP contribution in [-0.4, -0.2) is 23.5 Å². The summed E-state index contributed by atoms with van der Waals surface area (Å²) in [6.45, 7) is 0.558. The minimum Gasteiger partial charge on any atom is -0.379 e. The monoisotopic (exact) mass is 278 g/mol. The summed E-state index contributed by atoms with van der Waals surface area (Å²) < 4.78 is 13.2. The zero-order valence-electron chi connectivity index (χ0n) is 9.20. The summed E-state index contributed by atoms with van der Waals surface area (Å²) in [5.41, 5.74) is -0.0430. The Morgan fingerprint density at radius 2 is 2.29 bits per heavy atom. The third-order valence-electron chi connectivity index (χ3n) is 2.08. The highest BCUT2D eigenvalue weighted by Gasteiger charge is 2.17. The summed E-state index contributed by atoms with van der Waals surface area (Å²) in [4.78, 5) is 10.2. The van der Waals surface area contributed by atoms with Crippen LogP contribution in [-0.2, 0) is 0 Å². The van der Waals surface area contributed by atoms with Gasteiger partial charge in [-0.05, 0) is 18.4 Å². The third kappa shape index (κ3) is 4.05. The van der Waals surface area contributed by atoms with E-state index in [1.807, 2.05) is 6.26 Å². The molecule has 0 atom stereocenters. The first-order valence-electron chi connectivity index (χ1n) is 4.92. The van der Waals surface area contributed by atoms with Gasteiger partial charge in [-0.3, -0.25) is 10.1 Å². The lowest BCUT2D eigenvalue weighted by Gasteiger charge is -2.07. The molecule has 17 heavy (non-hydrogen) atoms. The minimum atomic E-state index is -0.662. The molecule has 0 fully saturated rings. The maximum absolute atomic E-state index is 13.2. The van der Waals surface area contributed by atoms with Gasteiger partial charge in [-0.1, -0.05) is 11.6 Å². The Morgan fingerprint density at radius 1 is 1.59 bits per heavy atom. The third-order valence-corrected chi connectivity index (χ3v) is 3.06. The normalized spacial score (nSPS) is 10.3. The predicted octanol–water partition coefficient (Wildman–Crippen LogP) is 3.55.